The van der Waals surface area contributed by atoms with E-state index in [-0.39, 0.29) is 6.61 Å². The number of hydrogen-bond donors (Lipinski definition) is 1. The number of aliphatic hydroxyl groups excluding tert-OH is 1. The average molecular weight is 208 g/mol. The molecule has 0 aromatic carbocycles. The summed E-state index contributed by atoms with van der Waals surface area (Å²) >= 11 is 0. The molecule has 0 heterocycles. The lowest BCUT2D eigenvalue weighted by Gasteiger charge is -2.34. The molecule has 0 fully saturated rings. The van der Waals surface area contributed by atoms with Crippen LogP contribution in [0.5, 0.6) is 0 Å². The minimum atomic E-state index is 0.187. The van der Waals surface area contributed by atoms with E-state index >= 15 is 0 Å². The SMILES string of the molecule is CC(=CCC1=C(C)CCCC1(C)C)CO. The predicted octanol–water partition coefficient (Wildman–Crippen LogP) is 3.84. The lowest BCUT2D eigenvalue weighted by Crippen LogP contribution is -2.20. The summed E-state index contributed by atoms with van der Waals surface area (Å²) in [4.78, 5) is 0. The molecule has 0 atom stereocenters. The maximum atomic E-state index is 8.98. The molecule has 15 heavy (non-hydrogen) atoms. The largest absolute Gasteiger partial charge is 0.392 e. The van der Waals surface area contributed by atoms with Crippen LogP contribution in [0, 0.1) is 5.41 Å². The van der Waals surface area contributed by atoms with E-state index in [4.69, 9.17) is 5.11 Å². The maximum absolute atomic E-state index is 8.98. The highest BCUT2D eigenvalue weighted by molar-refractivity contribution is 5.25. The minimum absolute atomic E-state index is 0.187. The molecule has 0 saturated heterocycles. The van der Waals surface area contributed by atoms with E-state index < -0.39 is 0 Å². The van der Waals surface area contributed by atoms with Crippen LogP contribution in [-0.4, -0.2) is 11.7 Å². The van der Waals surface area contributed by atoms with Crippen LogP contribution >= 0.6 is 0 Å². The molecule has 1 rings (SSSR count). The molecule has 0 unspecified atom stereocenters. The molecule has 1 nitrogen and oxygen atoms in total. The molecule has 1 aliphatic rings. The Morgan fingerprint density at radius 1 is 1.47 bits per heavy atom. The number of hydrogen-bond acceptors (Lipinski definition) is 1. The molecule has 1 aliphatic carbocycles. The number of aliphatic hydroxyl groups is 1. The van der Waals surface area contributed by atoms with E-state index in [1.54, 1.807) is 11.1 Å². The van der Waals surface area contributed by atoms with Gasteiger partial charge in [-0.3, -0.25) is 0 Å². The van der Waals surface area contributed by atoms with Crippen molar-refractivity contribution in [1.29, 1.82) is 0 Å². The van der Waals surface area contributed by atoms with Gasteiger partial charge in [0.15, 0.2) is 0 Å². The summed E-state index contributed by atoms with van der Waals surface area (Å²) in [6, 6.07) is 0. The minimum Gasteiger partial charge on any atom is -0.392 e. The van der Waals surface area contributed by atoms with Gasteiger partial charge < -0.3 is 5.11 Å². The van der Waals surface area contributed by atoms with Crippen LogP contribution in [0.25, 0.3) is 0 Å². The highest BCUT2D eigenvalue weighted by Gasteiger charge is 2.27. The van der Waals surface area contributed by atoms with Crippen molar-refractivity contribution in [3.63, 3.8) is 0 Å². The van der Waals surface area contributed by atoms with Crippen LogP contribution in [0.1, 0.15) is 53.4 Å². The molecule has 0 saturated carbocycles. The number of allylic oxidation sites excluding steroid dienone is 3. The van der Waals surface area contributed by atoms with Crippen LogP contribution in [0.4, 0.5) is 0 Å². The normalized spacial score (nSPS) is 22.1. The highest BCUT2D eigenvalue weighted by atomic mass is 16.3. The Morgan fingerprint density at radius 2 is 2.13 bits per heavy atom. The molecular formula is C14H24O. The molecule has 86 valence electrons. The first-order valence-corrected chi connectivity index (χ1v) is 5.93. The van der Waals surface area contributed by atoms with Gasteiger partial charge in [0.25, 0.3) is 0 Å². The second kappa shape index (κ2) is 4.98. The zero-order valence-corrected chi connectivity index (χ0v) is 10.6. The molecule has 0 bridgehead atoms. The first-order chi connectivity index (χ1) is 6.97. The molecule has 0 amide bonds. The van der Waals surface area contributed by atoms with Crippen molar-refractivity contribution in [2.45, 2.75) is 53.4 Å². The van der Waals surface area contributed by atoms with Gasteiger partial charge in [-0.2, -0.15) is 0 Å². The van der Waals surface area contributed by atoms with Gasteiger partial charge >= 0.3 is 0 Å². The topological polar surface area (TPSA) is 20.2 Å². The Balaban J connectivity index is 2.81. The molecule has 0 radical (unpaired) electrons. The third kappa shape index (κ3) is 3.20. The molecule has 0 aliphatic heterocycles. The van der Waals surface area contributed by atoms with Gasteiger partial charge in [0.2, 0.25) is 0 Å². The van der Waals surface area contributed by atoms with E-state index in [9.17, 15) is 0 Å². The van der Waals surface area contributed by atoms with Gasteiger partial charge in [0, 0.05) is 0 Å². The second-order valence-electron chi connectivity index (χ2n) is 5.41. The average Bonchev–Trinajstić information content (AvgIpc) is 2.15. The van der Waals surface area contributed by atoms with Crippen LogP contribution in [-0.2, 0) is 0 Å². The highest BCUT2D eigenvalue weighted by Crippen LogP contribution is 2.41. The van der Waals surface area contributed by atoms with E-state index in [0.717, 1.165) is 12.0 Å². The Labute approximate surface area is 93.9 Å². The second-order valence-corrected chi connectivity index (χ2v) is 5.41. The summed E-state index contributed by atoms with van der Waals surface area (Å²) in [6.07, 6.45) is 7.07. The van der Waals surface area contributed by atoms with Crippen LogP contribution in [0.15, 0.2) is 22.8 Å². The summed E-state index contributed by atoms with van der Waals surface area (Å²) in [5.41, 5.74) is 4.58. The van der Waals surface area contributed by atoms with Crippen molar-refractivity contribution in [1.82, 2.24) is 0 Å². The summed E-state index contributed by atoms with van der Waals surface area (Å²) in [5, 5.41) is 8.98. The van der Waals surface area contributed by atoms with Crippen molar-refractivity contribution < 1.29 is 5.11 Å². The standard InChI is InChI=1S/C14H24O/c1-11(10-15)7-8-13-12(2)6-5-9-14(13,3)4/h7,15H,5-6,8-10H2,1-4H3. The van der Waals surface area contributed by atoms with Gasteiger partial charge in [-0.05, 0) is 44.9 Å². The van der Waals surface area contributed by atoms with Gasteiger partial charge in [-0.1, -0.05) is 36.6 Å². The zero-order valence-electron chi connectivity index (χ0n) is 10.6. The lowest BCUT2D eigenvalue weighted by molar-refractivity contribution is 0.330. The predicted molar refractivity (Wildman–Crippen MR) is 65.8 cm³/mol. The third-order valence-electron chi connectivity index (χ3n) is 3.59. The first-order valence-electron chi connectivity index (χ1n) is 5.93. The van der Waals surface area contributed by atoms with Crippen LogP contribution in [0.2, 0.25) is 0 Å². The van der Waals surface area contributed by atoms with E-state index in [0.29, 0.717) is 5.41 Å². The van der Waals surface area contributed by atoms with Gasteiger partial charge in [0.05, 0.1) is 6.61 Å². The van der Waals surface area contributed by atoms with Crippen molar-refractivity contribution >= 4 is 0 Å². The van der Waals surface area contributed by atoms with E-state index in [2.05, 4.69) is 26.8 Å². The third-order valence-corrected chi connectivity index (χ3v) is 3.59. The molecule has 1 N–H and O–H groups in total. The Bertz CT molecular complexity index is 282. The van der Waals surface area contributed by atoms with Crippen molar-refractivity contribution in [2.75, 3.05) is 6.61 Å². The Morgan fingerprint density at radius 3 is 2.67 bits per heavy atom. The fraction of sp³-hybridized carbons (Fsp3) is 0.714. The van der Waals surface area contributed by atoms with Gasteiger partial charge in [-0.25, -0.2) is 0 Å². The molecule has 1 heteroatoms. The van der Waals surface area contributed by atoms with Crippen molar-refractivity contribution in [3.05, 3.63) is 22.8 Å². The first kappa shape index (κ1) is 12.5. The van der Waals surface area contributed by atoms with Gasteiger partial charge in [-0.15, -0.1) is 0 Å². The van der Waals surface area contributed by atoms with E-state index in [1.165, 1.54) is 19.3 Å². The summed E-state index contributed by atoms with van der Waals surface area (Å²) < 4.78 is 0. The zero-order chi connectivity index (χ0) is 11.5. The Hall–Kier alpha value is -0.560. The summed E-state index contributed by atoms with van der Waals surface area (Å²) in [6.45, 7) is 9.12. The number of rotatable bonds is 3. The van der Waals surface area contributed by atoms with Gasteiger partial charge in [0.1, 0.15) is 0 Å². The molecule has 0 aromatic rings. The fourth-order valence-corrected chi connectivity index (χ4v) is 2.47. The monoisotopic (exact) mass is 208 g/mol. The van der Waals surface area contributed by atoms with Crippen molar-refractivity contribution in [2.24, 2.45) is 5.41 Å². The van der Waals surface area contributed by atoms with E-state index in [1.807, 2.05) is 6.92 Å². The van der Waals surface area contributed by atoms with Crippen molar-refractivity contribution in [3.8, 4) is 0 Å². The van der Waals surface area contributed by atoms with Crippen LogP contribution < -0.4 is 0 Å². The molecule has 0 spiro atoms. The molecular weight excluding hydrogens is 184 g/mol. The van der Waals surface area contributed by atoms with Crippen LogP contribution in [0.3, 0.4) is 0 Å². The summed E-state index contributed by atoms with van der Waals surface area (Å²) in [7, 11) is 0. The molecule has 0 aromatic heterocycles. The summed E-state index contributed by atoms with van der Waals surface area (Å²) in [5.74, 6) is 0. The smallest absolute Gasteiger partial charge is 0.0639 e. The fourth-order valence-electron chi connectivity index (χ4n) is 2.47. The maximum Gasteiger partial charge on any atom is 0.0639 e. The quantitative estimate of drug-likeness (QED) is 0.699. The lowest BCUT2D eigenvalue weighted by atomic mass is 9.71. The Kier molecular flexibility index (Phi) is 4.15.